The Kier molecular flexibility index (Phi) is 4.38. The highest BCUT2D eigenvalue weighted by Crippen LogP contribution is 2.20. The van der Waals surface area contributed by atoms with Crippen LogP contribution in [0.4, 0.5) is 0 Å². The van der Waals surface area contributed by atoms with Gasteiger partial charge in [0.05, 0.1) is 0 Å². The topological polar surface area (TPSA) is 38.7 Å². The minimum Gasteiger partial charge on any atom is -0.406 e. The van der Waals surface area contributed by atoms with Crippen LogP contribution < -0.4 is 0 Å². The molecule has 116 valence electrons. The van der Waals surface area contributed by atoms with Crippen molar-refractivity contribution in [3.8, 4) is 0 Å². The summed E-state index contributed by atoms with van der Waals surface area (Å²) >= 11 is 0. The summed E-state index contributed by atoms with van der Waals surface area (Å²) in [6.45, 7) is 4.31. The van der Waals surface area contributed by atoms with Gasteiger partial charge >= 0.3 is 5.97 Å². The lowest BCUT2D eigenvalue weighted by Gasteiger charge is -2.04. The van der Waals surface area contributed by atoms with E-state index in [1.165, 1.54) is 5.56 Å². The Balaban J connectivity index is 1.77. The first-order chi connectivity index (χ1) is 11.1. The van der Waals surface area contributed by atoms with Crippen LogP contribution >= 0.6 is 0 Å². The highest BCUT2D eigenvalue weighted by atomic mass is 16.6. The number of benzene rings is 2. The number of aliphatic imine (C=N–C) groups is 1. The summed E-state index contributed by atoms with van der Waals surface area (Å²) in [4.78, 5) is 16.3. The fourth-order valence-corrected chi connectivity index (χ4v) is 2.43. The van der Waals surface area contributed by atoms with Crippen LogP contribution in [0.25, 0.3) is 6.08 Å². The monoisotopic (exact) mass is 305 g/mol. The molecule has 0 aliphatic carbocycles. The van der Waals surface area contributed by atoms with Gasteiger partial charge in [-0.2, -0.15) is 0 Å². The third-order valence-electron chi connectivity index (χ3n) is 3.77. The van der Waals surface area contributed by atoms with Crippen molar-refractivity contribution in [1.82, 2.24) is 0 Å². The maximum absolute atomic E-state index is 11.9. The molecule has 1 aliphatic rings. The number of hydrogen-bond acceptors (Lipinski definition) is 3. The Morgan fingerprint density at radius 3 is 2.39 bits per heavy atom. The van der Waals surface area contributed by atoms with Crippen molar-refractivity contribution in [3.05, 3.63) is 77.0 Å². The Hall–Kier alpha value is -2.68. The van der Waals surface area contributed by atoms with Crippen molar-refractivity contribution in [3.63, 3.8) is 0 Å². The molecule has 0 bridgehead atoms. The average molecular weight is 305 g/mol. The Bertz CT molecular complexity index is 756. The molecule has 23 heavy (non-hydrogen) atoms. The maximum atomic E-state index is 11.9. The Labute approximate surface area is 136 Å². The second kappa shape index (κ2) is 6.61. The lowest BCUT2D eigenvalue weighted by molar-refractivity contribution is -0.130. The molecule has 1 heterocycles. The van der Waals surface area contributed by atoms with E-state index in [1.54, 1.807) is 6.08 Å². The fraction of sp³-hybridized carbons (Fsp3) is 0.200. The van der Waals surface area contributed by atoms with Crippen LogP contribution in [0.3, 0.4) is 0 Å². The number of carbonyl (C=O) groups is 1. The van der Waals surface area contributed by atoms with Gasteiger partial charge in [-0.3, -0.25) is 0 Å². The second-order valence-corrected chi connectivity index (χ2v) is 5.91. The van der Waals surface area contributed by atoms with Crippen LogP contribution in [0.15, 0.2) is 65.3 Å². The molecular formula is C20H19NO2. The molecule has 3 nitrogen and oxygen atoms in total. The molecule has 0 unspecified atom stereocenters. The second-order valence-electron chi connectivity index (χ2n) is 5.91. The predicted molar refractivity (Wildman–Crippen MR) is 92.2 cm³/mol. The number of carbonyl (C=O) groups excluding carboxylic acids is 1. The standard InChI is InChI=1S/C20H19NO2/c1-14(2)17-10-8-16(9-11-17)12-18-20(22)23-19(21-18)13-15-6-4-3-5-7-15/h3-12,14H,13H2,1-2H3/b18-12+. The molecule has 0 amide bonds. The SMILES string of the molecule is CC(C)c1ccc(/C=C2/N=C(Cc3ccccc3)OC2=O)cc1. The zero-order valence-electron chi connectivity index (χ0n) is 13.3. The molecule has 2 aromatic carbocycles. The first-order valence-corrected chi connectivity index (χ1v) is 7.77. The van der Waals surface area contributed by atoms with Gasteiger partial charge in [-0.1, -0.05) is 68.4 Å². The Morgan fingerprint density at radius 2 is 1.74 bits per heavy atom. The molecule has 0 radical (unpaired) electrons. The summed E-state index contributed by atoms with van der Waals surface area (Å²) in [6.07, 6.45) is 2.29. The smallest absolute Gasteiger partial charge is 0.363 e. The van der Waals surface area contributed by atoms with Crippen LogP contribution in [0.1, 0.15) is 36.5 Å². The summed E-state index contributed by atoms with van der Waals surface area (Å²) in [7, 11) is 0. The number of ether oxygens (including phenoxy) is 1. The molecule has 3 heteroatoms. The van der Waals surface area contributed by atoms with E-state index in [2.05, 4.69) is 31.0 Å². The highest BCUT2D eigenvalue weighted by molar-refractivity contribution is 6.07. The van der Waals surface area contributed by atoms with Gasteiger partial charge in [0.25, 0.3) is 0 Å². The van der Waals surface area contributed by atoms with Crippen molar-refractivity contribution in [2.45, 2.75) is 26.2 Å². The predicted octanol–water partition coefficient (Wildman–Crippen LogP) is 4.35. The molecule has 0 atom stereocenters. The van der Waals surface area contributed by atoms with Crippen LogP contribution in [-0.2, 0) is 16.0 Å². The van der Waals surface area contributed by atoms with Gasteiger partial charge in [0.2, 0.25) is 5.90 Å². The highest BCUT2D eigenvalue weighted by Gasteiger charge is 2.22. The molecule has 0 spiro atoms. The summed E-state index contributed by atoms with van der Waals surface area (Å²) in [5.74, 6) is 0.554. The minimum atomic E-state index is -0.385. The van der Waals surface area contributed by atoms with E-state index in [4.69, 9.17) is 4.74 Å². The van der Waals surface area contributed by atoms with E-state index >= 15 is 0 Å². The van der Waals surface area contributed by atoms with E-state index in [0.717, 1.165) is 11.1 Å². The normalized spacial score (nSPS) is 15.9. The lowest BCUT2D eigenvalue weighted by Crippen LogP contribution is -2.06. The van der Waals surface area contributed by atoms with E-state index in [1.807, 2.05) is 42.5 Å². The van der Waals surface area contributed by atoms with Gasteiger partial charge < -0.3 is 4.74 Å². The van der Waals surface area contributed by atoms with Crippen LogP contribution in [-0.4, -0.2) is 11.9 Å². The van der Waals surface area contributed by atoms with E-state index in [-0.39, 0.29) is 5.97 Å². The molecule has 3 rings (SSSR count). The molecule has 0 N–H and O–H groups in total. The van der Waals surface area contributed by atoms with Crippen molar-refractivity contribution in [2.75, 3.05) is 0 Å². The fourth-order valence-electron chi connectivity index (χ4n) is 2.43. The van der Waals surface area contributed by atoms with Gasteiger partial charge in [-0.15, -0.1) is 0 Å². The molecule has 0 saturated carbocycles. The third-order valence-corrected chi connectivity index (χ3v) is 3.77. The molecule has 0 saturated heterocycles. The number of cyclic esters (lactones) is 1. The Morgan fingerprint density at radius 1 is 1.04 bits per heavy atom. The molecule has 1 aliphatic heterocycles. The van der Waals surface area contributed by atoms with Crippen LogP contribution in [0, 0.1) is 0 Å². The summed E-state index contributed by atoms with van der Waals surface area (Å²) in [6, 6.07) is 18.0. The maximum Gasteiger partial charge on any atom is 0.363 e. The van der Waals surface area contributed by atoms with Crippen LogP contribution in [0.5, 0.6) is 0 Å². The van der Waals surface area contributed by atoms with Gasteiger partial charge in [-0.05, 0) is 28.7 Å². The van der Waals surface area contributed by atoms with Crippen molar-refractivity contribution in [1.29, 1.82) is 0 Å². The van der Waals surface area contributed by atoms with E-state index in [9.17, 15) is 4.79 Å². The molecule has 0 aromatic heterocycles. The molecule has 0 fully saturated rings. The number of esters is 1. The summed E-state index contributed by atoms with van der Waals surface area (Å²) in [5.41, 5.74) is 3.65. The van der Waals surface area contributed by atoms with Gasteiger partial charge in [0.15, 0.2) is 5.70 Å². The molecular weight excluding hydrogens is 286 g/mol. The third kappa shape index (κ3) is 3.75. The zero-order chi connectivity index (χ0) is 16.2. The van der Waals surface area contributed by atoms with Gasteiger partial charge in [0.1, 0.15) is 0 Å². The van der Waals surface area contributed by atoms with Crippen molar-refractivity contribution >= 4 is 17.9 Å². The largest absolute Gasteiger partial charge is 0.406 e. The van der Waals surface area contributed by atoms with E-state index in [0.29, 0.717) is 23.9 Å². The van der Waals surface area contributed by atoms with Gasteiger partial charge in [-0.25, -0.2) is 9.79 Å². The quantitative estimate of drug-likeness (QED) is 0.622. The average Bonchev–Trinajstić information content (AvgIpc) is 2.88. The number of rotatable bonds is 4. The minimum absolute atomic E-state index is 0.355. The summed E-state index contributed by atoms with van der Waals surface area (Å²) in [5, 5.41) is 0. The molecule has 2 aromatic rings. The van der Waals surface area contributed by atoms with Crippen molar-refractivity contribution < 1.29 is 9.53 Å². The first kappa shape index (κ1) is 15.2. The zero-order valence-corrected chi connectivity index (χ0v) is 13.3. The lowest BCUT2D eigenvalue weighted by atomic mass is 10.0. The number of hydrogen-bond donors (Lipinski definition) is 0. The van der Waals surface area contributed by atoms with E-state index < -0.39 is 0 Å². The summed E-state index contributed by atoms with van der Waals surface area (Å²) < 4.78 is 5.25. The number of nitrogens with zero attached hydrogens (tertiary/aromatic N) is 1. The van der Waals surface area contributed by atoms with Crippen molar-refractivity contribution in [2.24, 2.45) is 4.99 Å². The first-order valence-electron chi connectivity index (χ1n) is 7.77. The van der Waals surface area contributed by atoms with Gasteiger partial charge in [0, 0.05) is 6.42 Å². The van der Waals surface area contributed by atoms with Crippen LogP contribution in [0.2, 0.25) is 0 Å².